The minimum absolute atomic E-state index is 0.195. The summed E-state index contributed by atoms with van der Waals surface area (Å²) in [6, 6.07) is 0. The van der Waals surface area contributed by atoms with Crippen molar-refractivity contribution in [1.82, 2.24) is 5.43 Å². The van der Waals surface area contributed by atoms with Crippen molar-refractivity contribution in [1.29, 1.82) is 5.41 Å². The van der Waals surface area contributed by atoms with Crippen LogP contribution in [0.25, 0.3) is 0 Å². The van der Waals surface area contributed by atoms with Crippen LogP contribution in [0.4, 0.5) is 0 Å². The first-order chi connectivity index (χ1) is 15.1. The summed E-state index contributed by atoms with van der Waals surface area (Å²) in [7, 11) is 0. The number of aliphatic hydroxyl groups is 2. The average molecular weight is 450 g/mol. The molecule has 182 valence electrons. The summed E-state index contributed by atoms with van der Waals surface area (Å²) in [6.45, 7) is 5.92. The zero-order valence-electron chi connectivity index (χ0n) is 19.8. The van der Waals surface area contributed by atoms with Crippen molar-refractivity contribution in [3.63, 3.8) is 0 Å². The van der Waals surface area contributed by atoms with E-state index in [2.05, 4.69) is 17.5 Å². The molecule has 8 heteroatoms. The number of hydrogen-bond donors (Lipinski definition) is 6. The number of hydrazone groups is 1. The van der Waals surface area contributed by atoms with E-state index in [9.17, 15) is 10.2 Å². The van der Waals surface area contributed by atoms with E-state index in [4.69, 9.17) is 21.6 Å². The third kappa shape index (κ3) is 3.58. The van der Waals surface area contributed by atoms with Gasteiger partial charge in [-0.15, -0.1) is 0 Å². The number of nitrogens with two attached hydrogens (primary N) is 2. The summed E-state index contributed by atoms with van der Waals surface area (Å²) in [5, 5.41) is 35.0. The number of hydrogen-bond acceptors (Lipinski definition) is 6. The van der Waals surface area contributed by atoms with E-state index in [0.29, 0.717) is 37.3 Å². The quantitative estimate of drug-likeness (QED) is 0.158. The first kappa shape index (κ1) is 23.9. The van der Waals surface area contributed by atoms with Gasteiger partial charge in [0.15, 0.2) is 0 Å². The Labute approximate surface area is 192 Å². The van der Waals surface area contributed by atoms with Crippen molar-refractivity contribution in [2.45, 2.75) is 95.4 Å². The molecule has 0 radical (unpaired) electrons. The summed E-state index contributed by atoms with van der Waals surface area (Å²) in [6.07, 6.45) is 11.1. The molecule has 4 saturated carbocycles. The maximum absolute atomic E-state index is 12.2. The highest BCUT2D eigenvalue weighted by Gasteiger charge is 2.71. The molecular formula is C24H43N5O3. The van der Waals surface area contributed by atoms with Gasteiger partial charge in [0, 0.05) is 12.0 Å². The van der Waals surface area contributed by atoms with Crippen molar-refractivity contribution >= 4 is 12.2 Å². The number of rotatable bonds is 6. The number of nitrogens with one attached hydrogen (secondary N) is 2. The SMILES string of the molecule is C[C@]12CCC(OCCCN)CC1CC[C@@H]1[C@H]2CC[C@]2(C)C(O)(/C=N/NC(=N)N)CC[C@@]12O. The van der Waals surface area contributed by atoms with Gasteiger partial charge in [-0.3, -0.25) is 5.41 Å². The second-order valence-corrected chi connectivity index (χ2v) is 11.4. The van der Waals surface area contributed by atoms with E-state index in [1.807, 2.05) is 6.92 Å². The van der Waals surface area contributed by atoms with E-state index >= 15 is 0 Å². The topological polar surface area (TPSA) is 150 Å². The molecule has 0 aliphatic heterocycles. The fourth-order valence-corrected chi connectivity index (χ4v) is 8.14. The van der Waals surface area contributed by atoms with Gasteiger partial charge >= 0.3 is 0 Å². The molecule has 0 aromatic rings. The highest BCUT2D eigenvalue weighted by Crippen LogP contribution is 2.69. The second-order valence-electron chi connectivity index (χ2n) is 11.4. The molecule has 0 spiro atoms. The molecule has 4 aliphatic carbocycles. The molecule has 32 heavy (non-hydrogen) atoms. The van der Waals surface area contributed by atoms with Crippen LogP contribution < -0.4 is 16.9 Å². The molecule has 0 aromatic carbocycles. The fraction of sp³-hybridized carbons (Fsp3) is 0.917. The average Bonchev–Trinajstić information content (AvgIpc) is 2.95. The van der Waals surface area contributed by atoms with Crippen LogP contribution in [0.1, 0.15) is 78.1 Å². The van der Waals surface area contributed by atoms with Crippen molar-refractivity contribution in [3.8, 4) is 0 Å². The standard InChI is InChI=1S/C24H43N5O3/c1-21-8-6-17(32-13-3-12-25)14-16(21)4-5-19-18(21)7-9-22(2)23(30,10-11-24(19,22)31)15-28-29-20(26)27/h15-19,30-31H,3-14,25H2,1-2H3,(H4,26,27,29)/b28-15+/t16?,17?,18-,19-,21+,22-,23?,24-/m1/s1. The van der Waals surface area contributed by atoms with Gasteiger partial charge in [0.25, 0.3) is 0 Å². The monoisotopic (exact) mass is 449 g/mol. The maximum Gasteiger partial charge on any atom is 0.206 e. The van der Waals surface area contributed by atoms with E-state index in [-0.39, 0.29) is 17.3 Å². The molecule has 8 atom stereocenters. The minimum Gasteiger partial charge on any atom is -0.389 e. The van der Waals surface area contributed by atoms with Crippen LogP contribution in [-0.4, -0.2) is 52.8 Å². The lowest BCUT2D eigenvalue weighted by atomic mass is 9.43. The molecule has 0 amide bonds. The Morgan fingerprint density at radius 2 is 1.91 bits per heavy atom. The van der Waals surface area contributed by atoms with Gasteiger partial charge in [0.05, 0.1) is 17.9 Å². The molecule has 4 aliphatic rings. The number of fused-ring (bicyclic) bond motifs is 5. The molecule has 4 fully saturated rings. The van der Waals surface area contributed by atoms with E-state index in [1.165, 1.54) is 6.21 Å². The van der Waals surface area contributed by atoms with Gasteiger partial charge in [-0.25, -0.2) is 5.43 Å². The van der Waals surface area contributed by atoms with Gasteiger partial charge in [-0.2, -0.15) is 5.10 Å². The Balaban J connectivity index is 1.52. The molecule has 0 heterocycles. The van der Waals surface area contributed by atoms with Crippen LogP contribution in [0.5, 0.6) is 0 Å². The summed E-state index contributed by atoms with van der Waals surface area (Å²) in [5.74, 6) is 1.04. The van der Waals surface area contributed by atoms with Crippen LogP contribution in [0.15, 0.2) is 5.10 Å². The number of nitrogens with zero attached hydrogens (tertiary/aromatic N) is 1. The molecule has 3 unspecified atom stereocenters. The first-order valence-corrected chi connectivity index (χ1v) is 12.5. The molecule has 8 nitrogen and oxygen atoms in total. The van der Waals surface area contributed by atoms with Crippen molar-refractivity contribution in [2.75, 3.05) is 13.2 Å². The lowest BCUT2D eigenvalue weighted by Crippen LogP contribution is -2.65. The van der Waals surface area contributed by atoms with Crippen LogP contribution in [0, 0.1) is 34.0 Å². The molecule has 0 aromatic heterocycles. The zero-order valence-corrected chi connectivity index (χ0v) is 19.8. The number of ether oxygens (including phenoxy) is 1. The third-order valence-electron chi connectivity index (χ3n) is 10.2. The van der Waals surface area contributed by atoms with Crippen LogP contribution in [0.2, 0.25) is 0 Å². The summed E-state index contributed by atoms with van der Waals surface area (Å²) in [5.41, 5.74) is 10.8. The van der Waals surface area contributed by atoms with Gasteiger partial charge in [0.2, 0.25) is 5.96 Å². The van der Waals surface area contributed by atoms with Crippen molar-refractivity contribution in [3.05, 3.63) is 0 Å². The number of guanidine groups is 1. The van der Waals surface area contributed by atoms with Crippen LogP contribution in [-0.2, 0) is 4.74 Å². The largest absolute Gasteiger partial charge is 0.389 e. The minimum atomic E-state index is -1.21. The van der Waals surface area contributed by atoms with Gasteiger partial charge in [-0.05, 0) is 93.9 Å². The van der Waals surface area contributed by atoms with E-state index in [0.717, 1.165) is 58.0 Å². The zero-order chi connectivity index (χ0) is 23.2. The summed E-state index contributed by atoms with van der Waals surface area (Å²) < 4.78 is 6.13. The lowest BCUT2D eigenvalue weighted by molar-refractivity contribution is -0.225. The fourth-order valence-electron chi connectivity index (χ4n) is 8.14. The second kappa shape index (κ2) is 8.53. The molecule has 4 rings (SSSR count). The highest BCUT2D eigenvalue weighted by atomic mass is 16.5. The molecular weight excluding hydrogens is 406 g/mol. The Kier molecular flexibility index (Phi) is 6.38. The Morgan fingerprint density at radius 3 is 2.62 bits per heavy atom. The van der Waals surface area contributed by atoms with Gasteiger partial charge < -0.3 is 26.4 Å². The Hall–Kier alpha value is -1.22. The maximum atomic E-state index is 12.2. The third-order valence-corrected chi connectivity index (χ3v) is 10.2. The highest BCUT2D eigenvalue weighted by molar-refractivity contribution is 5.77. The lowest BCUT2D eigenvalue weighted by Gasteiger charge is -2.64. The van der Waals surface area contributed by atoms with Crippen LogP contribution in [0.3, 0.4) is 0 Å². The normalized spacial score (nSPS) is 48.2. The molecule has 0 saturated heterocycles. The van der Waals surface area contributed by atoms with Crippen LogP contribution >= 0.6 is 0 Å². The first-order valence-electron chi connectivity index (χ1n) is 12.5. The molecule has 8 N–H and O–H groups in total. The van der Waals surface area contributed by atoms with Gasteiger partial charge in [0.1, 0.15) is 5.60 Å². The van der Waals surface area contributed by atoms with E-state index in [1.54, 1.807) is 0 Å². The van der Waals surface area contributed by atoms with Crippen molar-refractivity contribution < 1.29 is 14.9 Å². The van der Waals surface area contributed by atoms with Crippen molar-refractivity contribution in [2.24, 2.45) is 45.2 Å². The Bertz CT molecular complexity index is 749. The van der Waals surface area contributed by atoms with E-state index < -0.39 is 16.6 Å². The smallest absolute Gasteiger partial charge is 0.206 e. The predicted molar refractivity (Wildman–Crippen MR) is 125 cm³/mol. The molecule has 0 bridgehead atoms. The Morgan fingerprint density at radius 1 is 1.12 bits per heavy atom. The predicted octanol–water partition coefficient (Wildman–Crippen LogP) is 2.08. The van der Waals surface area contributed by atoms with Gasteiger partial charge in [-0.1, -0.05) is 13.8 Å². The summed E-state index contributed by atoms with van der Waals surface area (Å²) >= 11 is 0. The summed E-state index contributed by atoms with van der Waals surface area (Å²) in [4.78, 5) is 0.